The molecule has 170 valence electrons. The van der Waals surface area contributed by atoms with E-state index in [4.69, 9.17) is 9.72 Å². The zero-order chi connectivity index (χ0) is 23.4. The summed E-state index contributed by atoms with van der Waals surface area (Å²) in [5.41, 5.74) is 6.27. The number of carbonyl (C=O) groups excluding carboxylic acids is 1. The average molecular weight is 442 g/mol. The lowest BCUT2D eigenvalue weighted by Crippen LogP contribution is -2.28. The standard InChI is InChI=1S/C28H31N3O2/c1-19-10-13-23(14-11-19)28(32)29-22(4)27-30-25-8-5-6-9-26(25)31(27)16-7-17-33-24-15-12-20(2)21(3)18-24/h5-6,8-15,18,22H,7,16-17H2,1-4H3,(H,29,32). The molecule has 1 heterocycles. The van der Waals surface area contributed by atoms with Crippen LogP contribution in [0.25, 0.3) is 11.0 Å². The van der Waals surface area contributed by atoms with Gasteiger partial charge in [-0.3, -0.25) is 4.79 Å². The molecule has 1 N–H and O–H groups in total. The number of nitrogens with one attached hydrogen (secondary N) is 1. The highest BCUT2D eigenvalue weighted by atomic mass is 16.5. The van der Waals surface area contributed by atoms with E-state index in [1.807, 2.05) is 62.4 Å². The Balaban J connectivity index is 1.47. The van der Waals surface area contributed by atoms with Crippen LogP contribution in [0.2, 0.25) is 0 Å². The van der Waals surface area contributed by atoms with Crippen molar-refractivity contribution in [2.75, 3.05) is 6.61 Å². The minimum Gasteiger partial charge on any atom is -0.494 e. The first-order valence-corrected chi connectivity index (χ1v) is 11.4. The lowest BCUT2D eigenvalue weighted by molar-refractivity contribution is 0.0937. The van der Waals surface area contributed by atoms with Gasteiger partial charge in [-0.05, 0) is 81.6 Å². The first-order valence-electron chi connectivity index (χ1n) is 11.4. The predicted molar refractivity (Wildman–Crippen MR) is 133 cm³/mol. The predicted octanol–water partition coefficient (Wildman–Crippen LogP) is 5.92. The Hall–Kier alpha value is -3.60. The van der Waals surface area contributed by atoms with E-state index in [2.05, 4.69) is 41.9 Å². The van der Waals surface area contributed by atoms with E-state index in [1.165, 1.54) is 11.1 Å². The Kier molecular flexibility index (Phi) is 6.78. The Morgan fingerprint density at radius 3 is 2.52 bits per heavy atom. The Morgan fingerprint density at radius 2 is 1.76 bits per heavy atom. The van der Waals surface area contributed by atoms with Crippen LogP contribution < -0.4 is 10.1 Å². The number of amides is 1. The maximum atomic E-state index is 12.8. The van der Waals surface area contributed by atoms with Crippen molar-refractivity contribution in [2.45, 2.75) is 46.7 Å². The van der Waals surface area contributed by atoms with Crippen molar-refractivity contribution in [3.63, 3.8) is 0 Å². The number of benzene rings is 3. The fourth-order valence-corrected chi connectivity index (χ4v) is 3.93. The van der Waals surface area contributed by atoms with Crippen LogP contribution in [-0.4, -0.2) is 22.1 Å². The van der Waals surface area contributed by atoms with Crippen LogP contribution in [0.4, 0.5) is 0 Å². The van der Waals surface area contributed by atoms with Gasteiger partial charge in [0.25, 0.3) is 5.91 Å². The van der Waals surface area contributed by atoms with Gasteiger partial charge in [0.1, 0.15) is 11.6 Å². The number of nitrogens with zero attached hydrogens (tertiary/aromatic N) is 2. The summed E-state index contributed by atoms with van der Waals surface area (Å²) in [6.45, 7) is 9.55. The smallest absolute Gasteiger partial charge is 0.251 e. The number of hydrogen-bond acceptors (Lipinski definition) is 3. The average Bonchev–Trinajstić information content (AvgIpc) is 3.18. The van der Waals surface area contributed by atoms with Crippen LogP contribution in [0.15, 0.2) is 66.7 Å². The number of aryl methyl sites for hydroxylation is 4. The van der Waals surface area contributed by atoms with E-state index >= 15 is 0 Å². The number of imidazole rings is 1. The normalized spacial score (nSPS) is 12.0. The monoisotopic (exact) mass is 441 g/mol. The SMILES string of the molecule is Cc1ccc(C(=O)NC(C)c2nc3ccccc3n2CCCOc2ccc(C)c(C)c2)cc1. The quantitative estimate of drug-likeness (QED) is 0.345. The molecule has 33 heavy (non-hydrogen) atoms. The molecule has 0 radical (unpaired) electrons. The molecule has 1 unspecified atom stereocenters. The highest BCUT2D eigenvalue weighted by Crippen LogP contribution is 2.22. The van der Waals surface area contributed by atoms with Gasteiger partial charge >= 0.3 is 0 Å². The van der Waals surface area contributed by atoms with E-state index in [-0.39, 0.29) is 11.9 Å². The van der Waals surface area contributed by atoms with Crippen molar-refractivity contribution < 1.29 is 9.53 Å². The summed E-state index contributed by atoms with van der Waals surface area (Å²) in [7, 11) is 0. The lowest BCUT2D eigenvalue weighted by atomic mass is 10.1. The molecule has 1 atom stereocenters. The Morgan fingerprint density at radius 1 is 1.00 bits per heavy atom. The van der Waals surface area contributed by atoms with Crippen LogP contribution in [0.3, 0.4) is 0 Å². The number of para-hydroxylation sites is 2. The molecular formula is C28H31N3O2. The molecular weight excluding hydrogens is 410 g/mol. The van der Waals surface area contributed by atoms with Gasteiger partial charge in [-0.2, -0.15) is 0 Å². The summed E-state index contributed by atoms with van der Waals surface area (Å²) in [4.78, 5) is 17.6. The third-order valence-electron chi connectivity index (χ3n) is 6.01. The molecule has 0 aliphatic rings. The summed E-state index contributed by atoms with van der Waals surface area (Å²) in [5.74, 6) is 1.65. The Bertz CT molecular complexity index is 1260. The van der Waals surface area contributed by atoms with Crippen LogP contribution in [0.1, 0.15) is 52.3 Å². The molecule has 1 aromatic heterocycles. The molecule has 4 rings (SSSR count). The van der Waals surface area contributed by atoms with Crippen molar-refractivity contribution in [2.24, 2.45) is 0 Å². The van der Waals surface area contributed by atoms with Crippen molar-refractivity contribution in [3.05, 3.63) is 94.8 Å². The first-order chi connectivity index (χ1) is 15.9. The van der Waals surface area contributed by atoms with E-state index in [0.717, 1.165) is 41.1 Å². The molecule has 0 spiro atoms. The van der Waals surface area contributed by atoms with E-state index in [0.29, 0.717) is 12.2 Å². The molecule has 0 saturated heterocycles. The molecule has 5 heteroatoms. The summed E-state index contributed by atoms with van der Waals surface area (Å²) in [6, 6.07) is 21.6. The van der Waals surface area contributed by atoms with Gasteiger partial charge in [-0.1, -0.05) is 35.9 Å². The number of rotatable bonds is 8. The van der Waals surface area contributed by atoms with E-state index in [9.17, 15) is 4.79 Å². The number of ether oxygens (including phenoxy) is 1. The highest BCUT2D eigenvalue weighted by Gasteiger charge is 2.19. The van der Waals surface area contributed by atoms with Crippen LogP contribution >= 0.6 is 0 Å². The lowest BCUT2D eigenvalue weighted by Gasteiger charge is -2.17. The third-order valence-corrected chi connectivity index (χ3v) is 6.01. The fraction of sp³-hybridized carbons (Fsp3) is 0.286. The van der Waals surface area contributed by atoms with Gasteiger partial charge in [0, 0.05) is 12.1 Å². The van der Waals surface area contributed by atoms with Crippen molar-refractivity contribution in [3.8, 4) is 5.75 Å². The fourth-order valence-electron chi connectivity index (χ4n) is 3.93. The van der Waals surface area contributed by atoms with Gasteiger partial charge in [0.2, 0.25) is 0 Å². The zero-order valence-corrected chi connectivity index (χ0v) is 19.8. The van der Waals surface area contributed by atoms with E-state index in [1.54, 1.807) is 0 Å². The first kappa shape index (κ1) is 22.6. The van der Waals surface area contributed by atoms with E-state index < -0.39 is 0 Å². The minimum absolute atomic E-state index is 0.0980. The van der Waals surface area contributed by atoms with Crippen molar-refractivity contribution in [1.82, 2.24) is 14.9 Å². The number of fused-ring (bicyclic) bond motifs is 1. The van der Waals surface area contributed by atoms with Crippen molar-refractivity contribution in [1.29, 1.82) is 0 Å². The van der Waals surface area contributed by atoms with Gasteiger partial charge in [-0.15, -0.1) is 0 Å². The molecule has 0 aliphatic heterocycles. The minimum atomic E-state index is -0.230. The number of hydrogen-bond donors (Lipinski definition) is 1. The van der Waals surface area contributed by atoms with Crippen LogP contribution in [-0.2, 0) is 6.54 Å². The Labute approximate surface area is 195 Å². The maximum Gasteiger partial charge on any atom is 0.251 e. The molecule has 0 aliphatic carbocycles. The molecule has 3 aromatic carbocycles. The van der Waals surface area contributed by atoms with Crippen LogP contribution in [0, 0.1) is 20.8 Å². The number of aromatic nitrogens is 2. The summed E-state index contributed by atoms with van der Waals surface area (Å²) in [5, 5.41) is 3.11. The number of carbonyl (C=O) groups is 1. The van der Waals surface area contributed by atoms with Gasteiger partial charge in [-0.25, -0.2) is 4.98 Å². The van der Waals surface area contributed by atoms with Gasteiger partial charge < -0.3 is 14.6 Å². The highest BCUT2D eigenvalue weighted by molar-refractivity contribution is 5.94. The summed E-state index contributed by atoms with van der Waals surface area (Å²) < 4.78 is 8.17. The third kappa shape index (κ3) is 5.25. The second-order valence-corrected chi connectivity index (χ2v) is 8.62. The maximum absolute atomic E-state index is 12.8. The van der Waals surface area contributed by atoms with Gasteiger partial charge in [0.15, 0.2) is 0 Å². The molecule has 5 nitrogen and oxygen atoms in total. The topological polar surface area (TPSA) is 56.2 Å². The molecule has 0 saturated carbocycles. The van der Waals surface area contributed by atoms with Crippen molar-refractivity contribution >= 4 is 16.9 Å². The second-order valence-electron chi connectivity index (χ2n) is 8.62. The summed E-state index contributed by atoms with van der Waals surface area (Å²) in [6.07, 6.45) is 0.832. The second kappa shape index (κ2) is 9.90. The summed E-state index contributed by atoms with van der Waals surface area (Å²) >= 11 is 0. The largest absolute Gasteiger partial charge is 0.494 e. The molecule has 1 amide bonds. The van der Waals surface area contributed by atoms with Gasteiger partial charge in [0.05, 0.1) is 23.7 Å². The molecule has 0 bridgehead atoms. The van der Waals surface area contributed by atoms with Crippen LogP contribution in [0.5, 0.6) is 5.75 Å². The molecule has 0 fully saturated rings. The molecule has 4 aromatic rings. The zero-order valence-electron chi connectivity index (χ0n) is 19.8.